The fourth-order valence-corrected chi connectivity index (χ4v) is 4.40. The van der Waals surface area contributed by atoms with E-state index in [1.165, 1.54) is 12.5 Å². The Morgan fingerprint density at radius 3 is 2.50 bits per heavy atom. The van der Waals surface area contributed by atoms with Crippen molar-refractivity contribution in [1.82, 2.24) is 20.0 Å². The third-order valence-corrected chi connectivity index (χ3v) is 6.47. The second-order valence-electron chi connectivity index (χ2n) is 8.86. The van der Waals surface area contributed by atoms with Crippen LogP contribution in [0.25, 0.3) is 10.9 Å². The number of hydrogen-bond donors (Lipinski definition) is 1. The van der Waals surface area contributed by atoms with Crippen molar-refractivity contribution in [3.63, 3.8) is 0 Å². The largest absolute Gasteiger partial charge is 0.417 e. The maximum Gasteiger partial charge on any atom is 0.417 e. The molecule has 2 heterocycles. The van der Waals surface area contributed by atoms with Gasteiger partial charge in [0.05, 0.1) is 23.3 Å². The number of alkyl halides is 3. The molecule has 34 heavy (non-hydrogen) atoms. The number of aromatic nitrogens is 2. The van der Waals surface area contributed by atoms with Crippen LogP contribution in [-0.2, 0) is 12.7 Å². The number of hydrazine groups is 1. The van der Waals surface area contributed by atoms with Crippen LogP contribution in [0.5, 0.6) is 0 Å². The minimum atomic E-state index is -4.46. The van der Waals surface area contributed by atoms with E-state index in [1.807, 2.05) is 25.0 Å². The molecule has 0 radical (unpaired) electrons. The average molecular weight is 472 g/mol. The molecular formula is C25H28F3N5O. The highest BCUT2D eigenvalue weighted by atomic mass is 19.4. The zero-order valence-electron chi connectivity index (χ0n) is 19.3. The SMILES string of the molecule is Cc1cc2cc(C(=O)N(Cc3ccc(C(F)(F)F)cn3)N(C)C3CCCCC3)ccc2nc1N. The Morgan fingerprint density at radius 1 is 1.12 bits per heavy atom. The van der Waals surface area contributed by atoms with Gasteiger partial charge < -0.3 is 5.73 Å². The Kier molecular flexibility index (Phi) is 6.74. The smallest absolute Gasteiger partial charge is 0.383 e. The molecular weight excluding hydrogens is 443 g/mol. The lowest BCUT2D eigenvalue weighted by atomic mass is 9.95. The van der Waals surface area contributed by atoms with Crippen molar-refractivity contribution in [1.29, 1.82) is 0 Å². The van der Waals surface area contributed by atoms with E-state index in [0.717, 1.165) is 48.9 Å². The third kappa shape index (κ3) is 5.14. The molecule has 0 aliphatic heterocycles. The van der Waals surface area contributed by atoms with Gasteiger partial charge in [-0.1, -0.05) is 19.3 Å². The molecule has 0 spiro atoms. The van der Waals surface area contributed by atoms with E-state index in [4.69, 9.17) is 5.73 Å². The number of nitrogens with zero attached hydrogens (tertiary/aromatic N) is 4. The number of hydrogen-bond acceptors (Lipinski definition) is 5. The van der Waals surface area contributed by atoms with Crippen molar-refractivity contribution >= 4 is 22.6 Å². The third-order valence-electron chi connectivity index (χ3n) is 6.47. The fourth-order valence-electron chi connectivity index (χ4n) is 4.40. The van der Waals surface area contributed by atoms with E-state index < -0.39 is 11.7 Å². The summed E-state index contributed by atoms with van der Waals surface area (Å²) in [5, 5.41) is 4.31. The number of carbonyl (C=O) groups is 1. The molecule has 0 atom stereocenters. The molecule has 1 aliphatic rings. The van der Waals surface area contributed by atoms with Crippen LogP contribution in [0.1, 0.15) is 59.3 Å². The number of pyridine rings is 2. The molecule has 180 valence electrons. The zero-order chi connectivity index (χ0) is 24.5. The Morgan fingerprint density at radius 2 is 1.85 bits per heavy atom. The van der Waals surface area contributed by atoms with Gasteiger partial charge in [-0.25, -0.2) is 9.99 Å². The van der Waals surface area contributed by atoms with Gasteiger partial charge in [0.25, 0.3) is 5.91 Å². The van der Waals surface area contributed by atoms with Gasteiger partial charge in [-0.05, 0) is 61.7 Å². The van der Waals surface area contributed by atoms with Crippen LogP contribution in [0.4, 0.5) is 19.0 Å². The maximum absolute atomic E-state index is 13.7. The molecule has 1 fully saturated rings. The molecule has 2 N–H and O–H groups in total. The Bertz CT molecular complexity index is 1170. The first-order valence-electron chi connectivity index (χ1n) is 11.4. The average Bonchev–Trinajstić information content (AvgIpc) is 2.82. The first kappa shape index (κ1) is 23.9. The first-order chi connectivity index (χ1) is 16.1. The molecule has 2 aromatic heterocycles. The standard InChI is InChI=1S/C25H28F3N5O/c1-16-12-18-13-17(8-11-22(18)31-23(16)29)24(34)33(32(2)21-6-4-3-5-7-21)15-20-10-9-19(14-30-20)25(26,27)28/h8-14,21H,3-7,15H2,1-2H3,(H2,29,31). The number of aryl methyl sites for hydroxylation is 1. The summed E-state index contributed by atoms with van der Waals surface area (Å²) in [6.45, 7) is 1.93. The summed E-state index contributed by atoms with van der Waals surface area (Å²) in [7, 11) is 1.87. The summed E-state index contributed by atoms with van der Waals surface area (Å²) in [6, 6.07) is 9.63. The number of amides is 1. The molecule has 9 heteroatoms. The number of fused-ring (bicyclic) bond motifs is 1. The molecule has 0 saturated heterocycles. The molecule has 4 rings (SSSR count). The number of carbonyl (C=O) groups excluding carboxylic acids is 1. The Balaban J connectivity index is 1.66. The molecule has 1 amide bonds. The fraction of sp³-hybridized carbons (Fsp3) is 0.400. The minimum absolute atomic E-state index is 0.0705. The normalized spacial score (nSPS) is 15.1. The summed E-state index contributed by atoms with van der Waals surface area (Å²) >= 11 is 0. The minimum Gasteiger partial charge on any atom is -0.383 e. The van der Waals surface area contributed by atoms with E-state index in [1.54, 1.807) is 23.2 Å². The molecule has 0 bridgehead atoms. The van der Waals surface area contributed by atoms with Gasteiger partial charge in [0, 0.05) is 30.2 Å². The van der Waals surface area contributed by atoms with E-state index in [0.29, 0.717) is 22.6 Å². The van der Waals surface area contributed by atoms with Gasteiger partial charge in [-0.15, -0.1) is 0 Å². The van der Waals surface area contributed by atoms with Crippen LogP contribution in [0.2, 0.25) is 0 Å². The summed E-state index contributed by atoms with van der Waals surface area (Å²) in [5.41, 5.74) is 7.46. The number of nitrogens with two attached hydrogens (primary N) is 1. The molecule has 6 nitrogen and oxygen atoms in total. The highest BCUT2D eigenvalue weighted by Gasteiger charge is 2.31. The predicted octanol–water partition coefficient (Wildman–Crippen LogP) is 5.36. The Labute approximate surface area is 196 Å². The highest BCUT2D eigenvalue weighted by Crippen LogP contribution is 2.29. The van der Waals surface area contributed by atoms with Gasteiger partial charge in [0.2, 0.25) is 0 Å². The lowest BCUT2D eigenvalue weighted by Crippen LogP contribution is -2.49. The molecule has 1 saturated carbocycles. The van der Waals surface area contributed by atoms with Crippen LogP contribution in [-0.4, -0.2) is 39.0 Å². The van der Waals surface area contributed by atoms with Gasteiger partial charge in [0.1, 0.15) is 5.82 Å². The van der Waals surface area contributed by atoms with Crippen LogP contribution in [0, 0.1) is 6.92 Å². The van der Waals surface area contributed by atoms with Crippen molar-refractivity contribution in [2.75, 3.05) is 12.8 Å². The molecule has 1 aliphatic carbocycles. The van der Waals surface area contributed by atoms with Gasteiger partial charge in [-0.3, -0.25) is 14.8 Å². The first-order valence-corrected chi connectivity index (χ1v) is 11.4. The van der Waals surface area contributed by atoms with Crippen LogP contribution < -0.4 is 5.73 Å². The number of halogens is 3. The zero-order valence-corrected chi connectivity index (χ0v) is 19.3. The second-order valence-corrected chi connectivity index (χ2v) is 8.86. The number of nitrogen functional groups attached to an aromatic ring is 1. The van der Waals surface area contributed by atoms with Crippen LogP contribution in [0.3, 0.4) is 0 Å². The van der Waals surface area contributed by atoms with Crippen molar-refractivity contribution in [2.45, 2.75) is 57.8 Å². The van der Waals surface area contributed by atoms with E-state index in [-0.39, 0.29) is 18.5 Å². The second kappa shape index (κ2) is 9.58. The number of benzene rings is 1. The monoisotopic (exact) mass is 471 g/mol. The van der Waals surface area contributed by atoms with Gasteiger partial charge in [0.15, 0.2) is 0 Å². The molecule has 3 aromatic rings. The van der Waals surface area contributed by atoms with Crippen molar-refractivity contribution in [3.05, 3.63) is 65.0 Å². The lowest BCUT2D eigenvalue weighted by molar-refractivity contribution is -0.137. The van der Waals surface area contributed by atoms with E-state index in [2.05, 4.69) is 9.97 Å². The van der Waals surface area contributed by atoms with E-state index in [9.17, 15) is 18.0 Å². The summed E-state index contributed by atoms with van der Waals surface area (Å²) in [5.74, 6) is 0.199. The number of rotatable bonds is 5. The van der Waals surface area contributed by atoms with Gasteiger partial charge in [-0.2, -0.15) is 13.2 Å². The molecule has 1 aromatic carbocycles. The summed E-state index contributed by atoms with van der Waals surface area (Å²) < 4.78 is 38.9. The van der Waals surface area contributed by atoms with Crippen molar-refractivity contribution < 1.29 is 18.0 Å². The van der Waals surface area contributed by atoms with Crippen molar-refractivity contribution in [3.8, 4) is 0 Å². The lowest BCUT2D eigenvalue weighted by Gasteiger charge is -2.39. The van der Waals surface area contributed by atoms with Gasteiger partial charge >= 0.3 is 6.18 Å². The quantitative estimate of drug-likeness (QED) is 0.507. The molecule has 0 unspecified atom stereocenters. The van der Waals surface area contributed by atoms with Crippen LogP contribution in [0.15, 0.2) is 42.6 Å². The number of anilines is 1. The van der Waals surface area contributed by atoms with Crippen LogP contribution >= 0.6 is 0 Å². The topological polar surface area (TPSA) is 75.4 Å². The Hall–Kier alpha value is -3.20. The van der Waals surface area contributed by atoms with E-state index >= 15 is 0 Å². The van der Waals surface area contributed by atoms with Crippen molar-refractivity contribution in [2.24, 2.45) is 0 Å². The summed E-state index contributed by atoms with van der Waals surface area (Å²) in [6.07, 6.45) is 1.60. The highest BCUT2D eigenvalue weighted by molar-refractivity contribution is 5.98. The summed E-state index contributed by atoms with van der Waals surface area (Å²) in [4.78, 5) is 22.0. The maximum atomic E-state index is 13.7. The predicted molar refractivity (Wildman–Crippen MR) is 125 cm³/mol.